The first-order valence-corrected chi connectivity index (χ1v) is 8.84. The van der Waals surface area contributed by atoms with Crippen molar-refractivity contribution in [3.63, 3.8) is 0 Å². The highest BCUT2D eigenvalue weighted by Crippen LogP contribution is 2.08. The van der Waals surface area contributed by atoms with Crippen LogP contribution in [0.4, 0.5) is 0 Å². The lowest BCUT2D eigenvalue weighted by Crippen LogP contribution is -2.37. The Hall–Kier alpha value is -1.87. The van der Waals surface area contributed by atoms with Gasteiger partial charge in [0, 0.05) is 26.3 Å². The third kappa shape index (κ3) is 5.86. The van der Waals surface area contributed by atoms with Crippen molar-refractivity contribution in [2.24, 2.45) is 4.99 Å². The van der Waals surface area contributed by atoms with Gasteiger partial charge in [-0.1, -0.05) is 18.2 Å². The van der Waals surface area contributed by atoms with Gasteiger partial charge in [-0.15, -0.1) is 24.0 Å². The summed E-state index contributed by atoms with van der Waals surface area (Å²) in [6.45, 7) is 1.60. The highest BCUT2D eigenvalue weighted by molar-refractivity contribution is 14.0. The van der Waals surface area contributed by atoms with E-state index in [1.54, 1.807) is 18.4 Å². The molecule has 3 rings (SSSR count). The molecule has 0 aliphatic rings. The van der Waals surface area contributed by atoms with Crippen molar-refractivity contribution in [2.75, 3.05) is 13.6 Å². The first kappa shape index (κ1) is 19.5. The first-order chi connectivity index (χ1) is 11.8. The fourth-order valence-electron chi connectivity index (χ4n) is 2.34. The highest BCUT2D eigenvalue weighted by Gasteiger charge is 2.02. The van der Waals surface area contributed by atoms with E-state index in [0.717, 1.165) is 31.2 Å². The Labute approximate surface area is 169 Å². The van der Waals surface area contributed by atoms with Crippen LogP contribution in [-0.4, -0.2) is 29.3 Å². The largest absolute Gasteiger partial charge is 0.356 e. The monoisotopic (exact) mass is 467 g/mol. The maximum Gasteiger partial charge on any atom is 0.191 e. The van der Waals surface area contributed by atoms with Gasteiger partial charge in [0.1, 0.15) is 0 Å². The third-order valence-electron chi connectivity index (χ3n) is 3.63. The molecular weight excluding hydrogens is 445 g/mol. The first-order valence-electron chi connectivity index (χ1n) is 7.90. The molecular formula is C18H22IN5S. The second kappa shape index (κ2) is 10.2. The number of halogens is 1. The summed E-state index contributed by atoms with van der Waals surface area (Å²) in [7, 11) is 1.79. The molecule has 2 N–H and O–H groups in total. The van der Waals surface area contributed by atoms with Crippen LogP contribution >= 0.6 is 35.3 Å². The second-order valence-electron chi connectivity index (χ2n) is 5.36. The van der Waals surface area contributed by atoms with E-state index in [1.165, 1.54) is 11.1 Å². The van der Waals surface area contributed by atoms with E-state index in [2.05, 4.69) is 43.7 Å². The van der Waals surface area contributed by atoms with Crippen molar-refractivity contribution >= 4 is 41.3 Å². The average molecular weight is 467 g/mol. The lowest BCUT2D eigenvalue weighted by molar-refractivity contribution is 0.795. The molecule has 0 amide bonds. The molecule has 25 heavy (non-hydrogen) atoms. The zero-order chi connectivity index (χ0) is 16.6. The van der Waals surface area contributed by atoms with E-state index in [4.69, 9.17) is 0 Å². The lowest BCUT2D eigenvalue weighted by atomic mass is 10.2. The number of hydrogen-bond acceptors (Lipinski definition) is 3. The topological polar surface area (TPSA) is 54.2 Å². The SMILES string of the molecule is CN=C(NCCc1cnn(-c2ccccc2)c1)NCc1ccsc1.I. The molecule has 0 spiro atoms. The smallest absolute Gasteiger partial charge is 0.191 e. The highest BCUT2D eigenvalue weighted by atomic mass is 127. The fourth-order valence-corrected chi connectivity index (χ4v) is 3.00. The van der Waals surface area contributed by atoms with Crippen LogP contribution in [-0.2, 0) is 13.0 Å². The zero-order valence-electron chi connectivity index (χ0n) is 14.1. The van der Waals surface area contributed by atoms with Crippen LogP contribution in [0.5, 0.6) is 0 Å². The van der Waals surface area contributed by atoms with E-state index >= 15 is 0 Å². The average Bonchev–Trinajstić information content (AvgIpc) is 3.30. The summed E-state index contributed by atoms with van der Waals surface area (Å²) in [6, 6.07) is 12.2. The summed E-state index contributed by atoms with van der Waals surface area (Å²) < 4.78 is 1.90. The molecule has 3 aromatic rings. The maximum absolute atomic E-state index is 4.42. The molecule has 0 bridgehead atoms. The Balaban J connectivity index is 0.00000225. The van der Waals surface area contributed by atoms with Crippen LogP contribution in [0.25, 0.3) is 5.69 Å². The van der Waals surface area contributed by atoms with Crippen LogP contribution in [0.15, 0.2) is 64.5 Å². The van der Waals surface area contributed by atoms with Crippen LogP contribution in [0.3, 0.4) is 0 Å². The number of benzene rings is 1. The van der Waals surface area contributed by atoms with E-state index in [-0.39, 0.29) is 24.0 Å². The number of nitrogens with one attached hydrogen (secondary N) is 2. The predicted molar refractivity (Wildman–Crippen MR) is 115 cm³/mol. The van der Waals surface area contributed by atoms with Crippen molar-refractivity contribution in [1.29, 1.82) is 0 Å². The molecule has 0 aliphatic heterocycles. The summed E-state index contributed by atoms with van der Waals surface area (Å²) in [6.07, 6.45) is 4.88. The van der Waals surface area contributed by atoms with Crippen molar-refractivity contribution < 1.29 is 0 Å². The van der Waals surface area contributed by atoms with Gasteiger partial charge in [-0.3, -0.25) is 4.99 Å². The van der Waals surface area contributed by atoms with Crippen molar-refractivity contribution in [2.45, 2.75) is 13.0 Å². The molecule has 7 heteroatoms. The third-order valence-corrected chi connectivity index (χ3v) is 4.36. The zero-order valence-corrected chi connectivity index (χ0v) is 17.2. The van der Waals surface area contributed by atoms with Gasteiger partial charge in [0.25, 0.3) is 0 Å². The Bertz CT molecular complexity index is 768. The number of para-hydroxylation sites is 1. The van der Waals surface area contributed by atoms with E-state index < -0.39 is 0 Å². The lowest BCUT2D eigenvalue weighted by Gasteiger charge is -2.10. The number of thiophene rings is 1. The predicted octanol–water partition coefficient (Wildman–Crippen LogP) is 3.46. The minimum atomic E-state index is 0. The molecule has 0 saturated heterocycles. The van der Waals surface area contributed by atoms with E-state index in [1.807, 2.05) is 41.2 Å². The molecule has 2 heterocycles. The van der Waals surface area contributed by atoms with Gasteiger partial charge in [-0.05, 0) is 46.5 Å². The fraction of sp³-hybridized carbons (Fsp3) is 0.222. The standard InChI is InChI=1S/C18H21N5S.HI/c1-19-18(21-11-16-8-10-24-14-16)20-9-7-15-12-22-23(13-15)17-5-3-2-4-6-17;/h2-6,8,10,12-14H,7,9,11H2,1H3,(H2,19,20,21);1H. The van der Waals surface area contributed by atoms with E-state index in [9.17, 15) is 0 Å². The van der Waals surface area contributed by atoms with Crippen LogP contribution in [0.2, 0.25) is 0 Å². The van der Waals surface area contributed by atoms with E-state index in [0.29, 0.717) is 0 Å². The minimum absolute atomic E-state index is 0. The van der Waals surface area contributed by atoms with Gasteiger partial charge < -0.3 is 10.6 Å². The van der Waals surface area contributed by atoms with Crippen molar-refractivity contribution in [1.82, 2.24) is 20.4 Å². The van der Waals surface area contributed by atoms with Gasteiger partial charge in [-0.25, -0.2) is 4.68 Å². The molecule has 0 saturated carbocycles. The molecule has 5 nitrogen and oxygen atoms in total. The van der Waals surface area contributed by atoms with Gasteiger partial charge in [0.15, 0.2) is 5.96 Å². The van der Waals surface area contributed by atoms with Gasteiger partial charge in [0.05, 0.1) is 11.9 Å². The number of rotatable bonds is 6. The van der Waals surface area contributed by atoms with Gasteiger partial charge in [0.2, 0.25) is 0 Å². The van der Waals surface area contributed by atoms with Crippen LogP contribution < -0.4 is 10.6 Å². The number of nitrogens with zero attached hydrogens (tertiary/aromatic N) is 3. The molecule has 0 atom stereocenters. The second-order valence-corrected chi connectivity index (χ2v) is 6.14. The summed E-state index contributed by atoms with van der Waals surface area (Å²) in [5, 5.41) is 15.3. The molecule has 0 aliphatic carbocycles. The van der Waals surface area contributed by atoms with Gasteiger partial charge >= 0.3 is 0 Å². The molecule has 0 radical (unpaired) electrons. The summed E-state index contributed by atoms with van der Waals surface area (Å²) in [4.78, 5) is 4.25. The summed E-state index contributed by atoms with van der Waals surface area (Å²) in [5.74, 6) is 0.816. The quantitative estimate of drug-likeness (QED) is 0.332. The molecule has 0 unspecified atom stereocenters. The number of aliphatic imine (C=N–C) groups is 1. The molecule has 0 fully saturated rings. The minimum Gasteiger partial charge on any atom is -0.356 e. The number of aromatic nitrogens is 2. The Morgan fingerprint density at radius 1 is 1.16 bits per heavy atom. The summed E-state index contributed by atoms with van der Waals surface area (Å²) in [5.41, 5.74) is 3.54. The maximum atomic E-state index is 4.42. The van der Waals surface area contributed by atoms with Crippen molar-refractivity contribution in [3.8, 4) is 5.69 Å². The number of guanidine groups is 1. The molecule has 132 valence electrons. The van der Waals surface area contributed by atoms with Gasteiger partial charge in [-0.2, -0.15) is 16.4 Å². The number of hydrogen-bond donors (Lipinski definition) is 2. The summed E-state index contributed by atoms with van der Waals surface area (Å²) >= 11 is 1.70. The van der Waals surface area contributed by atoms with Crippen molar-refractivity contribution in [3.05, 3.63) is 70.7 Å². The Morgan fingerprint density at radius 2 is 2.00 bits per heavy atom. The Kier molecular flexibility index (Phi) is 7.93. The molecule has 2 aromatic heterocycles. The normalized spacial score (nSPS) is 11.0. The Morgan fingerprint density at radius 3 is 2.72 bits per heavy atom. The van der Waals surface area contributed by atoms with Crippen LogP contribution in [0, 0.1) is 0 Å². The molecule has 1 aromatic carbocycles. The van der Waals surface area contributed by atoms with Crippen LogP contribution in [0.1, 0.15) is 11.1 Å².